The minimum atomic E-state index is -0.367. The largest absolute Gasteiger partial charge is 0.355 e. The first-order chi connectivity index (χ1) is 13.5. The lowest BCUT2D eigenvalue weighted by atomic mass is 10.1. The molecule has 1 fully saturated rings. The monoisotopic (exact) mass is 395 g/mol. The fourth-order valence-corrected chi connectivity index (χ4v) is 3.39. The maximum Gasteiger partial charge on any atom is 0.277 e. The Morgan fingerprint density at radius 3 is 2.64 bits per heavy atom. The quantitative estimate of drug-likeness (QED) is 0.695. The van der Waals surface area contributed by atoms with Gasteiger partial charge in [0, 0.05) is 41.0 Å². The number of benzene rings is 2. The molecule has 2 heterocycles. The summed E-state index contributed by atoms with van der Waals surface area (Å²) >= 11 is 5.89. The zero-order valence-corrected chi connectivity index (χ0v) is 16.0. The van der Waals surface area contributed by atoms with Crippen LogP contribution in [-0.4, -0.2) is 23.5 Å². The average molecular weight is 396 g/mol. The third-order valence-electron chi connectivity index (χ3n) is 4.69. The van der Waals surface area contributed by atoms with Gasteiger partial charge in [-0.15, -0.1) is 0 Å². The van der Waals surface area contributed by atoms with Gasteiger partial charge in [-0.2, -0.15) is 0 Å². The highest BCUT2D eigenvalue weighted by Crippen LogP contribution is 2.28. The van der Waals surface area contributed by atoms with Crippen molar-refractivity contribution in [2.45, 2.75) is 19.8 Å². The van der Waals surface area contributed by atoms with Crippen molar-refractivity contribution in [1.29, 1.82) is 0 Å². The van der Waals surface area contributed by atoms with E-state index in [1.165, 1.54) is 0 Å². The summed E-state index contributed by atoms with van der Waals surface area (Å²) < 4.78 is 5.27. The van der Waals surface area contributed by atoms with Crippen LogP contribution in [0.3, 0.4) is 0 Å². The van der Waals surface area contributed by atoms with Crippen LogP contribution in [0.2, 0.25) is 5.02 Å². The molecule has 2 aromatic carbocycles. The highest BCUT2D eigenvalue weighted by molar-refractivity contribution is 6.30. The molecule has 4 rings (SSSR count). The number of hydrogen-bond acceptors (Lipinski definition) is 4. The summed E-state index contributed by atoms with van der Waals surface area (Å²) in [5, 5.41) is 7.29. The number of carbonyl (C=O) groups is 2. The third kappa shape index (κ3) is 3.64. The van der Waals surface area contributed by atoms with E-state index in [-0.39, 0.29) is 17.5 Å². The van der Waals surface area contributed by atoms with Gasteiger partial charge >= 0.3 is 0 Å². The smallest absolute Gasteiger partial charge is 0.277 e. The first-order valence-electron chi connectivity index (χ1n) is 8.96. The van der Waals surface area contributed by atoms with Crippen LogP contribution in [-0.2, 0) is 4.79 Å². The van der Waals surface area contributed by atoms with Crippen LogP contribution < -0.4 is 10.2 Å². The molecule has 1 saturated heterocycles. The van der Waals surface area contributed by atoms with Crippen LogP contribution in [0.1, 0.15) is 28.9 Å². The Morgan fingerprint density at radius 2 is 1.96 bits per heavy atom. The molecule has 1 aliphatic rings. The van der Waals surface area contributed by atoms with E-state index >= 15 is 0 Å². The Hall–Kier alpha value is -3.12. The summed E-state index contributed by atoms with van der Waals surface area (Å²) in [5.74, 6) is 0.256. The van der Waals surface area contributed by atoms with Gasteiger partial charge in [-0.05, 0) is 61.4 Å². The molecule has 0 radical (unpaired) electrons. The van der Waals surface area contributed by atoms with Gasteiger partial charge in [-0.25, -0.2) is 0 Å². The summed E-state index contributed by atoms with van der Waals surface area (Å²) in [4.78, 5) is 26.2. The van der Waals surface area contributed by atoms with Crippen molar-refractivity contribution >= 4 is 34.8 Å². The van der Waals surface area contributed by atoms with E-state index in [4.69, 9.17) is 16.1 Å². The van der Waals surface area contributed by atoms with Crippen LogP contribution in [0, 0.1) is 6.92 Å². The van der Waals surface area contributed by atoms with Gasteiger partial charge in [0.25, 0.3) is 5.91 Å². The number of halogens is 1. The Morgan fingerprint density at radius 1 is 1.18 bits per heavy atom. The first kappa shape index (κ1) is 18.3. The SMILES string of the molecule is Cc1cc(NC(=O)c2cc(-c3ccc(Cl)cc3)on2)ccc1N1CCCC1=O. The maximum atomic E-state index is 12.5. The van der Waals surface area contributed by atoms with Crippen LogP contribution in [0.15, 0.2) is 53.1 Å². The van der Waals surface area contributed by atoms with Crippen LogP contribution >= 0.6 is 11.6 Å². The fourth-order valence-electron chi connectivity index (χ4n) is 3.27. The molecule has 0 unspecified atom stereocenters. The lowest BCUT2D eigenvalue weighted by Crippen LogP contribution is -2.24. The van der Waals surface area contributed by atoms with Crippen molar-refractivity contribution in [3.05, 3.63) is 64.8 Å². The fraction of sp³-hybridized carbons (Fsp3) is 0.190. The predicted octanol–water partition coefficient (Wildman–Crippen LogP) is 4.68. The maximum absolute atomic E-state index is 12.5. The topological polar surface area (TPSA) is 75.4 Å². The molecule has 0 spiro atoms. The Bertz CT molecular complexity index is 1040. The number of nitrogens with one attached hydrogen (secondary N) is 1. The molecule has 6 nitrogen and oxygen atoms in total. The van der Waals surface area contributed by atoms with Crippen LogP contribution in [0.5, 0.6) is 0 Å². The van der Waals surface area contributed by atoms with E-state index in [0.717, 1.165) is 29.8 Å². The van der Waals surface area contributed by atoms with Gasteiger partial charge in [0.1, 0.15) is 0 Å². The molecule has 2 amide bonds. The molecule has 1 N–H and O–H groups in total. The van der Waals surface area contributed by atoms with E-state index in [9.17, 15) is 9.59 Å². The average Bonchev–Trinajstić information content (AvgIpc) is 3.32. The van der Waals surface area contributed by atoms with E-state index in [0.29, 0.717) is 22.9 Å². The molecule has 0 bridgehead atoms. The Labute approximate surface area is 167 Å². The van der Waals surface area contributed by atoms with Crippen LogP contribution in [0.4, 0.5) is 11.4 Å². The number of aromatic nitrogens is 1. The number of carbonyl (C=O) groups excluding carboxylic acids is 2. The van der Waals surface area contributed by atoms with Crippen molar-refractivity contribution in [3.63, 3.8) is 0 Å². The molecule has 7 heteroatoms. The number of hydrogen-bond donors (Lipinski definition) is 1. The van der Waals surface area contributed by atoms with Crippen LogP contribution in [0.25, 0.3) is 11.3 Å². The standard InChI is InChI=1S/C21H18ClN3O3/c1-13-11-16(8-9-18(13)25-10-2-3-20(25)26)23-21(27)17-12-19(28-24-17)14-4-6-15(22)7-5-14/h4-9,11-12H,2-3,10H2,1H3,(H,23,27). The number of aryl methyl sites for hydroxylation is 1. The lowest BCUT2D eigenvalue weighted by Gasteiger charge is -2.19. The van der Waals surface area contributed by atoms with Gasteiger partial charge in [0.15, 0.2) is 11.5 Å². The van der Waals surface area contributed by atoms with Gasteiger partial charge in [0.05, 0.1) is 0 Å². The van der Waals surface area contributed by atoms with Crippen molar-refractivity contribution in [3.8, 4) is 11.3 Å². The van der Waals surface area contributed by atoms with E-state index in [1.54, 1.807) is 41.3 Å². The molecule has 3 aromatic rings. The highest BCUT2D eigenvalue weighted by atomic mass is 35.5. The van der Waals surface area contributed by atoms with Crippen molar-refractivity contribution in [2.24, 2.45) is 0 Å². The normalized spacial score (nSPS) is 13.8. The molecule has 142 valence electrons. The summed E-state index contributed by atoms with van der Waals surface area (Å²) in [6.45, 7) is 2.66. The third-order valence-corrected chi connectivity index (χ3v) is 4.94. The minimum absolute atomic E-state index is 0.136. The molecular weight excluding hydrogens is 378 g/mol. The summed E-state index contributed by atoms with van der Waals surface area (Å²) in [6, 6.07) is 14.2. The van der Waals surface area contributed by atoms with Gasteiger partial charge < -0.3 is 14.7 Å². The Kier molecular flexibility index (Phi) is 4.88. The number of rotatable bonds is 4. The van der Waals surface area contributed by atoms with Crippen molar-refractivity contribution in [1.82, 2.24) is 5.16 Å². The number of amides is 2. The zero-order valence-electron chi connectivity index (χ0n) is 15.2. The number of nitrogens with zero attached hydrogens (tertiary/aromatic N) is 2. The van der Waals surface area contributed by atoms with Gasteiger partial charge in [-0.1, -0.05) is 16.8 Å². The summed E-state index contributed by atoms with van der Waals surface area (Å²) in [7, 11) is 0. The van der Waals surface area contributed by atoms with Gasteiger partial charge in [-0.3, -0.25) is 9.59 Å². The second-order valence-electron chi connectivity index (χ2n) is 6.69. The van der Waals surface area contributed by atoms with E-state index in [2.05, 4.69) is 10.5 Å². The summed E-state index contributed by atoms with van der Waals surface area (Å²) in [5.41, 5.74) is 3.41. The zero-order chi connectivity index (χ0) is 19.7. The molecule has 1 aromatic heterocycles. The van der Waals surface area contributed by atoms with Crippen molar-refractivity contribution < 1.29 is 14.1 Å². The van der Waals surface area contributed by atoms with Crippen molar-refractivity contribution in [2.75, 3.05) is 16.8 Å². The molecule has 1 aliphatic heterocycles. The lowest BCUT2D eigenvalue weighted by molar-refractivity contribution is -0.117. The second-order valence-corrected chi connectivity index (χ2v) is 7.12. The molecule has 28 heavy (non-hydrogen) atoms. The van der Waals surface area contributed by atoms with Gasteiger partial charge in [0.2, 0.25) is 5.91 Å². The second kappa shape index (κ2) is 7.48. The minimum Gasteiger partial charge on any atom is -0.355 e. The van der Waals surface area contributed by atoms with E-state index in [1.807, 2.05) is 19.1 Å². The van der Waals surface area contributed by atoms with E-state index < -0.39 is 0 Å². The Balaban J connectivity index is 1.49. The highest BCUT2D eigenvalue weighted by Gasteiger charge is 2.23. The first-order valence-corrected chi connectivity index (χ1v) is 9.34. The molecule has 0 aliphatic carbocycles. The molecule has 0 atom stereocenters. The predicted molar refractivity (Wildman–Crippen MR) is 108 cm³/mol. The molecular formula is C21H18ClN3O3. The number of anilines is 2. The summed E-state index contributed by atoms with van der Waals surface area (Å²) in [6.07, 6.45) is 1.46. The molecule has 0 saturated carbocycles.